The molecule has 20 heavy (non-hydrogen) atoms. The second kappa shape index (κ2) is 6.47. The number of piperidine rings is 1. The van der Waals surface area contributed by atoms with Crippen molar-refractivity contribution in [2.24, 2.45) is 0 Å². The van der Waals surface area contributed by atoms with Crippen molar-refractivity contribution in [3.05, 3.63) is 21.3 Å². The lowest BCUT2D eigenvalue weighted by Crippen LogP contribution is -2.35. The van der Waals surface area contributed by atoms with Gasteiger partial charge in [0.15, 0.2) is 0 Å². The Kier molecular flexibility index (Phi) is 4.90. The highest BCUT2D eigenvalue weighted by atomic mass is 35.5. The standard InChI is InChI=1S/C11H16ClN5O2S/c1-20-16-4-2-7(3-5-16)15-9-8(12)6-14-11(13)10(9)17(18)19/h6-7H,2-5H2,1H3,(H3,13,14,15). The van der Waals surface area contributed by atoms with Crippen LogP contribution >= 0.6 is 23.5 Å². The van der Waals surface area contributed by atoms with Gasteiger partial charge in [-0.15, -0.1) is 0 Å². The molecule has 9 heteroatoms. The van der Waals surface area contributed by atoms with Gasteiger partial charge in [-0.2, -0.15) is 0 Å². The van der Waals surface area contributed by atoms with Gasteiger partial charge in [-0.3, -0.25) is 14.4 Å². The van der Waals surface area contributed by atoms with Crippen molar-refractivity contribution in [3.63, 3.8) is 0 Å². The molecule has 0 unspecified atom stereocenters. The summed E-state index contributed by atoms with van der Waals surface area (Å²) in [4.78, 5) is 14.3. The van der Waals surface area contributed by atoms with Crippen LogP contribution in [0, 0.1) is 10.1 Å². The van der Waals surface area contributed by atoms with Gasteiger partial charge in [0, 0.05) is 19.1 Å². The van der Waals surface area contributed by atoms with Crippen molar-refractivity contribution >= 4 is 40.7 Å². The van der Waals surface area contributed by atoms with Crippen molar-refractivity contribution < 1.29 is 4.92 Å². The Morgan fingerprint density at radius 3 is 2.80 bits per heavy atom. The summed E-state index contributed by atoms with van der Waals surface area (Å²) in [6, 6.07) is 0.149. The lowest BCUT2D eigenvalue weighted by Gasteiger charge is -2.31. The molecule has 2 rings (SSSR count). The summed E-state index contributed by atoms with van der Waals surface area (Å²) in [5.41, 5.74) is 5.60. The second-order valence-corrected chi connectivity index (χ2v) is 5.79. The van der Waals surface area contributed by atoms with Gasteiger partial charge >= 0.3 is 5.69 Å². The Balaban J connectivity index is 2.17. The van der Waals surface area contributed by atoms with Gasteiger partial charge in [-0.1, -0.05) is 23.5 Å². The van der Waals surface area contributed by atoms with E-state index in [-0.39, 0.29) is 28.3 Å². The number of hydrogen-bond donors (Lipinski definition) is 2. The first-order valence-electron chi connectivity index (χ1n) is 6.17. The summed E-state index contributed by atoms with van der Waals surface area (Å²) in [6.45, 7) is 1.87. The summed E-state index contributed by atoms with van der Waals surface area (Å²) in [5.74, 6) is -0.122. The normalized spacial score (nSPS) is 17.1. The summed E-state index contributed by atoms with van der Waals surface area (Å²) < 4.78 is 2.26. The summed E-state index contributed by atoms with van der Waals surface area (Å²) in [7, 11) is 0. The van der Waals surface area contributed by atoms with E-state index in [1.54, 1.807) is 11.9 Å². The van der Waals surface area contributed by atoms with Crippen molar-refractivity contribution in [1.82, 2.24) is 9.29 Å². The molecule has 0 aromatic carbocycles. The fourth-order valence-electron chi connectivity index (χ4n) is 2.20. The SMILES string of the molecule is CSN1CCC(Nc2c(Cl)cnc(N)c2[N+](=O)[O-])CC1. The predicted molar refractivity (Wildman–Crippen MR) is 82.0 cm³/mol. The lowest BCUT2D eigenvalue weighted by molar-refractivity contribution is -0.383. The lowest BCUT2D eigenvalue weighted by atomic mass is 10.1. The third-order valence-electron chi connectivity index (χ3n) is 3.28. The van der Waals surface area contributed by atoms with Gasteiger partial charge in [-0.05, 0) is 19.1 Å². The molecule has 1 fully saturated rings. The number of halogens is 1. The molecule has 1 aliphatic rings. The Morgan fingerprint density at radius 1 is 1.60 bits per heavy atom. The number of nitrogen functional groups attached to an aromatic ring is 1. The fraction of sp³-hybridized carbons (Fsp3) is 0.545. The number of nitrogens with zero attached hydrogens (tertiary/aromatic N) is 3. The number of nitro groups is 1. The highest BCUT2D eigenvalue weighted by Crippen LogP contribution is 2.36. The predicted octanol–water partition coefficient (Wildman–Crippen LogP) is 2.38. The van der Waals surface area contributed by atoms with Crippen LogP contribution in [0.4, 0.5) is 17.2 Å². The van der Waals surface area contributed by atoms with Crippen molar-refractivity contribution in [2.45, 2.75) is 18.9 Å². The van der Waals surface area contributed by atoms with Crippen LogP contribution in [0.5, 0.6) is 0 Å². The van der Waals surface area contributed by atoms with Crippen molar-refractivity contribution in [3.8, 4) is 0 Å². The Morgan fingerprint density at radius 2 is 2.25 bits per heavy atom. The van der Waals surface area contributed by atoms with Crippen LogP contribution in [0.3, 0.4) is 0 Å². The smallest absolute Gasteiger partial charge is 0.335 e. The molecule has 3 N–H and O–H groups in total. The number of nitrogens with one attached hydrogen (secondary N) is 1. The van der Waals surface area contributed by atoms with Crippen molar-refractivity contribution in [1.29, 1.82) is 0 Å². The minimum atomic E-state index is -0.548. The quantitative estimate of drug-likeness (QED) is 0.500. The van der Waals surface area contributed by atoms with Gasteiger partial charge < -0.3 is 11.1 Å². The maximum atomic E-state index is 11.1. The third kappa shape index (κ3) is 3.25. The summed E-state index contributed by atoms with van der Waals surface area (Å²) in [6.07, 6.45) is 5.18. The first-order valence-corrected chi connectivity index (χ1v) is 7.72. The summed E-state index contributed by atoms with van der Waals surface area (Å²) in [5, 5.41) is 14.5. The number of nitrogens with two attached hydrogens (primary N) is 1. The molecule has 0 atom stereocenters. The average molecular weight is 318 g/mol. The molecule has 2 heterocycles. The van der Waals surface area contributed by atoms with Gasteiger partial charge in [0.05, 0.1) is 16.1 Å². The van der Waals surface area contributed by atoms with E-state index in [1.165, 1.54) is 6.20 Å². The molecule has 0 amide bonds. The monoisotopic (exact) mass is 317 g/mol. The van der Waals surface area contributed by atoms with Crippen LogP contribution < -0.4 is 11.1 Å². The zero-order valence-corrected chi connectivity index (χ0v) is 12.6. The zero-order chi connectivity index (χ0) is 14.7. The molecule has 0 radical (unpaired) electrons. The van der Waals surface area contributed by atoms with E-state index < -0.39 is 4.92 Å². The molecule has 1 aromatic heterocycles. The Bertz CT molecular complexity index is 508. The largest absolute Gasteiger partial charge is 0.378 e. The number of aromatic nitrogens is 1. The van der Waals surface area contributed by atoms with E-state index in [0.29, 0.717) is 0 Å². The maximum absolute atomic E-state index is 11.1. The number of anilines is 2. The van der Waals surface area contributed by atoms with Gasteiger partial charge in [-0.25, -0.2) is 4.98 Å². The van der Waals surface area contributed by atoms with Gasteiger partial charge in [0.25, 0.3) is 0 Å². The van der Waals surface area contributed by atoms with Gasteiger partial charge in [0.1, 0.15) is 5.69 Å². The van der Waals surface area contributed by atoms with E-state index >= 15 is 0 Å². The van der Waals surface area contributed by atoms with Crippen LogP contribution in [0.1, 0.15) is 12.8 Å². The van der Waals surface area contributed by atoms with Crippen LogP contribution in [0.25, 0.3) is 0 Å². The molecule has 0 saturated carbocycles. The molecule has 110 valence electrons. The third-order valence-corrected chi connectivity index (χ3v) is 4.45. The van der Waals surface area contributed by atoms with Crippen LogP contribution in [-0.2, 0) is 0 Å². The summed E-state index contributed by atoms with van der Waals surface area (Å²) >= 11 is 7.73. The minimum absolute atomic E-state index is 0.122. The number of pyridine rings is 1. The minimum Gasteiger partial charge on any atom is -0.378 e. The highest BCUT2D eigenvalue weighted by Gasteiger charge is 2.26. The Labute approximate surface area is 126 Å². The number of rotatable bonds is 4. The van der Waals surface area contributed by atoms with E-state index in [2.05, 4.69) is 14.6 Å². The fourth-order valence-corrected chi connectivity index (χ4v) is 2.97. The molecule has 7 nitrogen and oxygen atoms in total. The molecule has 1 aromatic rings. The maximum Gasteiger partial charge on any atom is 0.335 e. The van der Waals surface area contributed by atoms with Crippen molar-refractivity contribution in [2.75, 3.05) is 30.4 Å². The number of hydrogen-bond acceptors (Lipinski definition) is 7. The second-order valence-electron chi connectivity index (χ2n) is 4.50. The van der Waals surface area contributed by atoms with E-state index in [0.717, 1.165) is 25.9 Å². The molecule has 1 saturated heterocycles. The van der Waals surface area contributed by atoms with Crippen LogP contribution in [0.15, 0.2) is 6.20 Å². The average Bonchev–Trinajstić information content (AvgIpc) is 2.43. The molecular weight excluding hydrogens is 302 g/mol. The molecule has 0 spiro atoms. The first kappa shape index (κ1) is 15.1. The van der Waals surface area contributed by atoms with Crippen LogP contribution in [0.2, 0.25) is 5.02 Å². The molecule has 0 aliphatic carbocycles. The topological polar surface area (TPSA) is 97.3 Å². The van der Waals surface area contributed by atoms with E-state index in [9.17, 15) is 10.1 Å². The molecule has 1 aliphatic heterocycles. The van der Waals surface area contributed by atoms with E-state index in [4.69, 9.17) is 17.3 Å². The zero-order valence-electron chi connectivity index (χ0n) is 11.0. The molecular formula is C11H16ClN5O2S. The highest BCUT2D eigenvalue weighted by molar-refractivity contribution is 7.96. The Hall–Kier alpha value is -1.25. The van der Waals surface area contributed by atoms with Gasteiger partial charge in [0.2, 0.25) is 5.82 Å². The van der Waals surface area contributed by atoms with E-state index in [1.807, 2.05) is 6.26 Å². The first-order chi connectivity index (χ1) is 9.52. The molecule has 0 bridgehead atoms. The van der Waals surface area contributed by atoms with Crippen LogP contribution in [-0.4, -0.2) is 39.6 Å².